The normalized spacial score (nSPS) is 19.3. The fourth-order valence-corrected chi connectivity index (χ4v) is 0.538. The van der Waals surface area contributed by atoms with E-state index in [-0.39, 0.29) is 0 Å². The molecule has 0 aromatic carbocycles. The highest BCUT2D eigenvalue weighted by atomic mass is 79.9. The molecule has 0 rings (SSSR count). The molecule has 56 valence electrons. The fourth-order valence-electron chi connectivity index (χ4n) is 0.174. The smallest absolute Gasteiger partial charge is 0.241 e. The van der Waals surface area contributed by atoms with Crippen molar-refractivity contribution in [1.82, 2.24) is 0 Å². The van der Waals surface area contributed by atoms with Crippen LogP contribution in [-0.2, 0) is 0 Å². The second-order valence-electron chi connectivity index (χ2n) is 1.59. The van der Waals surface area contributed by atoms with Crippen molar-refractivity contribution in [2.45, 2.75) is 24.1 Å². The van der Waals surface area contributed by atoms with Gasteiger partial charge in [-0.1, -0.05) is 0 Å². The van der Waals surface area contributed by atoms with Crippen molar-refractivity contribution in [3.63, 3.8) is 0 Å². The molecule has 0 heterocycles. The largest absolute Gasteiger partial charge is 0.318 e. The Morgan fingerprint density at radius 2 is 1.67 bits per heavy atom. The van der Waals surface area contributed by atoms with Crippen LogP contribution in [0.2, 0.25) is 0 Å². The molecule has 0 fully saturated rings. The zero-order valence-electron chi connectivity index (χ0n) is 4.54. The quantitative estimate of drug-likeness (QED) is 0.484. The second kappa shape index (κ2) is 2.86. The Morgan fingerprint density at radius 1 is 1.33 bits per heavy atom. The first kappa shape index (κ1) is 9.20. The zero-order chi connectivity index (χ0) is 7.65. The van der Waals surface area contributed by atoms with Crippen LogP contribution in [-0.4, -0.2) is 17.2 Å². The molecule has 0 N–H and O–H groups in total. The molecule has 0 radical (unpaired) electrons. The van der Waals surface area contributed by atoms with Crippen molar-refractivity contribution in [1.29, 1.82) is 0 Å². The molecule has 0 nitrogen and oxygen atoms in total. The van der Waals surface area contributed by atoms with Gasteiger partial charge >= 0.3 is 5.92 Å². The van der Waals surface area contributed by atoms with Crippen LogP contribution in [0.4, 0.5) is 17.6 Å². The summed E-state index contributed by atoms with van der Waals surface area (Å²) in [6.07, 6.45) is -2.47. The van der Waals surface area contributed by atoms with Gasteiger partial charge in [-0.25, -0.2) is 8.78 Å². The number of hydrogen-bond acceptors (Lipinski definition) is 0. The summed E-state index contributed by atoms with van der Waals surface area (Å²) in [7, 11) is 0. The van der Waals surface area contributed by atoms with Crippen molar-refractivity contribution in [3.05, 3.63) is 0 Å². The SMILES string of the molecule is CC(F)C(F)(F)C(F)Br. The Hall–Kier alpha value is 0.200. The summed E-state index contributed by atoms with van der Waals surface area (Å²) < 4.78 is 47.1. The first-order valence-electron chi connectivity index (χ1n) is 2.19. The summed E-state index contributed by atoms with van der Waals surface area (Å²) >= 11 is 1.94. The van der Waals surface area contributed by atoms with Crippen molar-refractivity contribution >= 4 is 15.9 Å². The van der Waals surface area contributed by atoms with E-state index < -0.39 is 17.2 Å². The molecule has 0 saturated carbocycles. The minimum Gasteiger partial charge on any atom is -0.241 e. The van der Waals surface area contributed by atoms with Crippen LogP contribution in [0.25, 0.3) is 0 Å². The molecule has 0 spiro atoms. The second-order valence-corrected chi connectivity index (χ2v) is 2.40. The Kier molecular flexibility index (Phi) is 2.92. The fraction of sp³-hybridized carbons (Fsp3) is 1.00. The summed E-state index contributed by atoms with van der Waals surface area (Å²) in [4.78, 5) is 0. The maximum absolute atomic E-state index is 11.9. The van der Waals surface area contributed by atoms with Crippen LogP contribution in [0.5, 0.6) is 0 Å². The Balaban J connectivity index is 4.01. The van der Waals surface area contributed by atoms with Gasteiger partial charge in [-0.2, -0.15) is 8.78 Å². The topological polar surface area (TPSA) is 0 Å². The summed E-state index contributed by atoms with van der Waals surface area (Å²) in [6.45, 7) is 0.605. The van der Waals surface area contributed by atoms with Gasteiger partial charge in [0.1, 0.15) is 0 Å². The van der Waals surface area contributed by atoms with E-state index in [2.05, 4.69) is 0 Å². The van der Waals surface area contributed by atoms with Gasteiger partial charge in [0, 0.05) is 0 Å². The lowest BCUT2D eigenvalue weighted by molar-refractivity contribution is -0.0907. The van der Waals surface area contributed by atoms with E-state index >= 15 is 0 Å². The molecule has 5 heteroatoms. The predicted molar refractivity (Wildman–Crippen MR) is 29.3 cm³/mol. The lowest BCUT2D eigenvalue weighted by atomic mass is 10.2. The molecule has 0 saturated heterocycles. The lowest BCUT2D eigenvalue weighted by Gasteiger charge is -2.16. The van der Waals surface area contributed by atoms with Crippen LogP contribution < -0.4 is 0 Å². The van der Waals surface area contributed by atoms with Crippen molar-refractivity contribution in [2.24, 2.45) is 0 Å². The standard InChI is InChI=1S/C4H5BrF4/c1-2(6)4(8,9)3(5)7/h2-3H,1H3. The highest BCUT2D eigenvalue weighted by Gasteiger charge is 2.44. The predicted octanol–water partition coefficient (Wildman–Crippen LogP) is 2.67. The van der Waals surface area contributed by atoms with E-state index in [4.69, 9.17) is 0 Å². The minimum atomic E-state index is -3.92. The molecular formula is C4H5BrF4. The Morgan fingerprint density at radius 3 is 1.67 bits per heavy atom. The Bertz CT molecular complexity index is 80.6. The van der Waals surface area contributed by atoms with Gasteiger partial charge in [-0.3, -0.25) is 0 Å². The highest BCUT2D eigenvalue weighted by Crippen LogP contribution is 2.30. The van der Waals surface area contributed by atoms with Gasteiger partial charge in [0.2, 0.25) is 5.08 Å². The van der Waals surface area contributed by atoms with Crippen LogP contribution >= 0.6 is 15.9 Å². The van der Waals surface area contributed by atoms with Crippen LogP contribution in [0, 0.1) is 0 Å². The number of rotatable bonds is 2. The van der Waals surface area contributed by atoms with Gasteiger partial charge in [0.25, 0.3) is 0 Å². The molecule has 9 heavy (non-hydrogen) atoms. The number of halogens is 5. The van der Waals surface area contributed by atoms with E-state index in [1.807, 2.05) is 15.9 Å². The van der Waals surface area contributed by atoms with Crippen molar-refractivity contribution < 1.29 is 17.6 Å². The summed E-state index contributed by atoms with van der Waals surface area (Å²) in [5, 5.41) is -2.61. The zero-order valence-corrected chi connectivity index (χ0v) is 6.13. The van der Waals surface area contributed by atoms with E-state index in [0.717, 1.165) is 0 Å². The molecule has 0 aliphatic heterocycles. The van der Waals surface area contributed by atoms with Crippen molar-refractivity contribution in [2.75, 3.05) is 0 Å². The number of alkyl halides is 5. The molecule has 0 aliphatic carbocycles. The van der Waals surface area contributed by atoms with Gasteiger partial charge in [-0.15, -0.1) is 0 Å². The highest BCUT2D eigenvalue weighted by molar-refractivity contribution is 9.09. The summed E-state index contributed by atoms with van der Waals surface area (Å²) in [6, 6.07) is 0. The first-order valence-corrected chi connectivity index (χ1v) is 3.10. The van der Waals surface area contributed by atoms with Crippen LogP contribution in [0.1, 0.15) is 6.92 Å². The molecule has 2 atom stereocenters. The van der Waals surface area contributed by atoms with E-state index in [1.54, 1.807) is 0 Å². The first-order chi connectivity index (χ1) is 3.89. The minimum absolute atomic E-state index is 0.605. The molecule has 0 aromatic rings. The van der Waals surface area contributed by atoms with Gasteiger partial charge in [0.15, 0.2) is 6.17 Å². The third-order valence-electron chi connectivity index (χ3n) is 0.821. The molecule has 0 aliphatic rings. The third-order valence-corrected chi connectivity index (χ3v) is 1.43. The molecule has 0 aromatic heterocycles. The van der Waals surface area contributed by atoms with E-state index in [9.17, 15) is 17.6 Å². The van der Waals surface area contributed by atoms with Crippen LogP contribution in [0.3, 0.4) is 0 Å². The monoisotopic (exact) mass is 208 g/mol. The average Bonchev–Trinajstić information content (AvgIpc) is 1.65. The lowest BCUT2D eigenvalue weighted by Crippen LogP contribution is -2.34. The third kappa shape index (κ3) is 2.12. The van der Waals surface area contributed by atoms with Gasteiger partial charge in [0.05, 0.1) is 0 Å². The van der Waals surface area contributed by atoms with Crippen molar-refractivity contribution in [3.8, 4) is 0 Å². The number of hydrogen-bond donors (Lipinski definition) is 0. The molecule has 2 unspecified atom stereocenters. The molecular weight excluding hydrogens is 204 g/mol. The maximum Gasteiger partial charge on any atom is 0.318 e. The van der Waals surface area contributed by atoms with E-state index in [0.29, 0.717) is 6.92 Å². The molecule has 0 bridgehead atoms. The van der Waals surface area contributed by atoms with Gasteiger partial charge in [-0.05, 0) is 22.9 Å². The van der Waals surface area contributed by atoms with Gasteiger partial charge < -0.3 is 0 Å². The summed E-state index contributed by atoms with van der Waals surface area (Å²) in [5.41, 5.74) is 0. The average molecular weight is 209 g/mol. The summed E-state index contributed by atoms with van der Waals surface area (Å²) in [5.74, 6) is -3.92. The van der Waals surface area contributed by atoms with E-state index in [1.165, 1.54) is 0 Å². The maximum atomic E-state index is 11.9. The Labute approximate surface area is 58.4 Å². The molecule has 0 amide bonds. The van der Waals surface area contributed by atoms with Crippen LogP contribution in [0.15, 0.2) is 0 Å².